The fourth-order valence-electron chi connectivity index (χ4n) is 4.35. The van der Waals surface area contributed by atoms with Crippen molar-refractivity contribution < 1.29 is 19.1 Å². The number of H-pyrrole nitrogens is 1. The third-order valence-electron chi connectivity index (χ3n) is 6.14. The number of hydrogen-bond acceptors (Lipinski definition) is 7. The van der Waals surface area contributed by atoms with Gasteiger partial charge in [-0.05, 0) is 80.4 Å². The van der Waals surface area contributed by atoms with E-state index in [2.05, 4.69) is 9.97 Å². The Kier molecular flexibility index (Phi) is 6.62. The van der Waals surface area contributed by atoms with Crippen LogP contribution in [0.25, 0.3) is 32.6 Å². The Labute approximate surface area is 217 Å². The number of ether oxygens (including phenoxy) is 2. The van der Waals surface area contributed by atoms with E-state index in [9.17, 15) is 9.59 Å². The first-order valence-corrected chi connectivity index (χ1v) is 12.7. The smallest absolute Gasteiger partial charge is 0.344 e. The van der Waals surface area contributed by atoms with Gasteiger partial charge in [-0.25, -0.2) is 14.8 Å². The predicted molar refractivity (Wildman–Crippen MR) is 145 cm³/mol. The van der Waals surface area contributed by atoms with E-state index < -0.39 is 5.97 Å². The number of rotatable bonds is 7. The second kappa shape index (κ2) is 10.0. The minimum absolute atomic E-state index is 0.122. The van der Waals surface area contributed by atoms with Gasteiger partial charge in [-0.1, -0.05) is 0 Å². The van der Waals surface area contributed by atoms with Crippen LogP contribution < -0.4 is 9.64 Å². The van der Waals surface area contributed by atoms with E-state index in [1.54, 1.807) is 41.8 Å². The molecule has 9 heteroatoms. The number of aryl methyl sites for hydroxylation is 2. The monoisotopic (exact) mass is 514 g/mol. The number of nitrogens with one attached hydrogen (secondary N) is 1. The average Bonchev–Trinajstić information content (AvgIpc) is 3.52. The van der Waals surface area contributed by atoms with Gasteiger partial charge >= 0.3 is 5.97 Å². The number of imidazole rings is 1. The standard InChI is InChI=1S/C28H26N4O4S/c1-5-35-25(33)14-36-20-10-16(2)26(17(3)11-20)27-30-21-8-6-18(12-22(21)31-27)28(34)32(4)19-7-9-24-23(13-19)29-15-37-24/h6-13,15H,5,14H2,1-4H3,(H,30,31). The summed E-state index contributed by atoms with van der Waals surface area (Å²) in [6.45, 7) is 5.87. The first-order chi connectivity index (χ1) is 17.8. The molecule has 2 heterocycles. The lowest BCUT2D eigenvalue weighted by molar-refractivity contribution is -0.145. The van der Waals surface area contributed by atoms with E-state index in [0.29, 0.717) is 23.7 Å². The molecule has 0 bridgehead atoms. The molecule has 5 aromatic rings. The summed E-state index contributed by atoms with van der Waals surface area (Å²) in [7, 11) is 1.76. The Morgan fingerprint density at radius 3 is 2.57 bits per heavy atom. The molecule has 0 spiro atoms. The van der Waals surface area contributed by atoms with Crippen LogP contribution in [0.15, 0.2) is 54.0 Å². The van der Waals surface area contributed by atoms with E-state index >= 15 is 0 Å². The highest BCUT2D eigenvalue weighted by Gasteiger charge is 2.18. The minimum atomic E-state index is -0.404. The molecule has 0 aliphatic rings. The molecule has 37 heavy (non-hydrogen) atoms. The highest BCUT2D eigenvalue weighted by molar-refractivity contribution is 7.16. The SMILES string of the molecule is CCOC(=O)COc1cc(C)c(-c2nc3ccc(C(=O)N(C)c4ccc5scnc5c4)cc3[nH]2)c(C)c1. The van der Waals surface area contributed by atoms with Crippen molar-refractivity contribution in [3.8, 4) is 17.1 Å². The van der Waals surface area contributed by atoms with E-state index in [1.165, 1.54) is 0 Å². The number of carbonyl (C=O) groups is 2. The molecule has 0 radical (unpaired) electrons. The molecule has 0 saturated carbocycles. The lowest BCUT2D eigenvalue weighted by atomic mass is 10.0. The minimum Gasteiger partial charge on any atom is -0.482 e. The summed E-state index contributed by atoms with van der Waals surface area (Å²) in [6.07, 6.45) is 0. The molecule has 1 amide bonds. The van der Waals surface area contributed by atoms with Gasteiger partial charge in [-0.3, -0.25) is 4.79 Å². The number of benzene rings is 3. The number of fused-ring (bicyclic) bond motifs is 2. The predicted octanol–water partition coefficient (Wildman–Crippen LogP) is 5.67. The number of anilines is 1. The maximum atomic E-state index is 13.3. The first kappa shape index (κ1) is 24.5. The second-order valence-corrected chi connectivity index (χ2v) is 9.60. The normalized spacial score (nSPS) is 11.1. The number of carbonyl (C=O) groups excluding carboxylic acids is 2. The summed E-state index contributed by atoms with van der Waals surface area (Å²) in [6, 6.07) is 15.0. The number of thiazole rings is 1. The van der Waals surface area contributed by atoms with Crippen molar-refractivity contribution in [3.63, 3.8) is 0 Å². The van der Waals surface area contributed by atoms with Crippen LogP contribution in [0.3, 0.4) is 0 Å². The van der Waals surface area contributed by atoms with Crippen molar-refractivity contribution in [1.29, 1.82) is 0 Å². The zero-order chi connectivity index (χ0) is 26.1. The second-order valence-electron chi connectivity index (χ2n) is 8.71. The molecule has 0 aliphatic heterocycles. The Balaban J connectivity index is 1.39. The molecule has 0 fully saturated rings. The molecule has 0 unspecified atom stereocenters. The molecule has 0 atom stereocenters. The van der Waals surface area contributed by atoms with Crippen LogP contribution in [0.4, 0.5) is 5.69 Å². The number of aromatic amines is 1. The van der Waals surface area contributed by atoms with Gasteiger partial charge in [-0.15, -0.1) is 11.3 Å². The maximum absolute atomic E-state index is 13.3. The summed E-state index contributed by atoms with van der Waals surface area (Å²) in [4.78, 5) is 39.0. The summed E-state index contributed by atoms with van der Waals surface area (Å²) in [5.41, 5.74) is 8.39. The summed E-state index contributed by atoms with van der Waals surface area (Å²) in [5.74, 6) is 0.769. The van der Waals surface area contributed by atoms with Gasteiger partial charge in [0.2, 0.25) is 0 Å². The van der Waals surface area contributed by atoms with Crippen molar-refractivity contribution in [2.75, 3.05) is 25.2 Å². The Bertz CT molecular complexity index is 1620. The van der Waals surface area contributed by atoms with Gasteiger partial charge in [0, 0.05) is 23.9 Å². The number of aromatic nitrogens is 3. The van der Waals surface area contributed by atoms with Gasteiger partial charge in [0.25, 0.3) is 5.91 Å². The van der Waals surface area contributed by atoms with Gasteiger partial charge in [0.15, 0.2) is 6.61 Å². The summed E-state index contributed by atoms with van der Waals surface area (Å²) < 4.78 is 11.6. The third kappa shape index (κ3) is 4.90. The zero-order valence-corrected chi connectivity index (χ0v) is 21.8. The van der Waals surface area contributed by atoms with Crippen molar-refractivity contribution >= 4 is 50.2 Å². The molecule has 0 aliphatic carbocycles. The summed E-state index contributed by atoms with van der Waals surface area (Å²) in [5, 5.41) is 0. The zero-order valence-electron chi connectivity index (χ0n) is 21.0. The molecule has 5 rings (SSSR count). The Morgan fingerprint density at radius 2 is 1.81 bits per heavy atom. The van der Waals surface area contributed by atoms with Crippen LogP contribution in [-0.2, 0) is 9.53 Å². The van der Waals surface area contributed by atoms with Crippen LogP contribution in [0.2, 0.25) is 0 Å². The first-order valence-electron chi connectivity index (χ1n) is 11.8. The highest BCUT2D eigenvalue weighted by atomic mass is 32.1. The van der Waals surface area contributed by atoms with Gasteiger partial charge < -0.3 is 19.4 Å². The van der Waals surface area contributed by atoms with Crippen LogP contribution in [-0.4, -0.2) is 47.1 Å². The molecule has 2 aromatic heterocycles. The molecule has 188 valence electrons. The fourth-order valence-corrected chi connectivity index (χ4v) is 5.01. The van der Waals surface area contributed by atoms with Crippen molar-refractivity contribution in [2.24, 2.45) is 0 Å². The highest BCUT2D eigenvalue weighted by Crippen LogP contribution is 2.31. The Hall–Kier alpha value is -4.24. The lowest BCUT2D eigenvalue weighted by Gasteiger charge is -2.17. The summed E-state index contributed by atoms with van der Waals surface area (Å²) >= 11 is 1.57. The fraction of sp³-hybridized carbons (Fsp3) is 0.214. The number of nitrogens with zero attached hydrogens (tertiary/aromatic N) is 3. The van der Waals surface area contributed by atoms with Gasteiger partial charge in [0.1, 0.15) is 11.6 Å². The molecular formula is C28H26N4O4S. The van der Waals surface area contributed by atoms with E-state index in [4.69, 9.17) is 14.5 Å². The van der Waals surface area contributed by atoms with Crippen molar-refractivity contribution in [2.45, 2.75) is 20.8 Å². The molecule has 0 saturated heterocycles. The van der Waals surface area contributed by atoms with E-state index in [1.807, 2.05) is 56.3 Å². The number of hydrogen-bond donors (Lipinski definition) is 1. The number of amides is 1. The molecule has 8 nitrogen and oxygen atoms in total. The van der Waals surface area contributed by atoms with Crippen LogP contribution in [0, 0.1) is 13.8 Å². The quantitative estimate of drug-likeness (QED) is 0.281. The van der Waals surface area contributed by atoms with Gasteiger partial charge in [-0.2, -0.15) is 0 Å². The Morgan fingerprint density at radius 1 is 1.03 bits per heavy atom. The van der Waals surface area contributed by atoms with Crippen molar-refractivity contribution in [3.05, 3.63) is 70.7 Å². The maximum Gasteiger partial charge on any atom is 0.344 e. The number of esters is 1. The van der Waals surface area contributed by atoms with Crippen molar-refractivity contribution in [1.82, 2.24) is 15.0 Å². The third-order valence-corrected chi connectivity index (χ3v) is 6.95. The largest absolute Gasteiger partial charge is 0.482 e. The molecule has 1 N–H and O–H groups in total. The molecule has 3 aromatic carbocycles. The van der Waals surface area contributed by atoms with Crippen LogP contribution in [0.5, 0.6) is 5.75 Å². The average molecular weight is 515 g/mol. The lowest BCUT2D eigenvalue weighted by Crippen LogP contribution is -2.26. The van der Waals surface area contributed by atoms with Crippen LogP contribution in [0.1, 0.15) is 28.4 Å². The van der Waals surface area contributed by atoms with E-state index in [-0.39, 0.29) is 12.5 Å². The molecular weight excluding hydrogens is 488 g/mol. The van der Waals surface area contributed by atoms with E-state index in [0.717, 1.165) is 43.6 Å². The van der Waals surface area contributed by atoms with Crippen LogP contribution >= 0.6 is 11.3 Å². The topological polar surface area (TPSA) is 97.4 Å². The van der Waals surface area contributed by atoms with Gasteiger partial charge in [0.05, 0.1) is 33.4 Å².